The number of aromatic amines is 1. The van der Waals surface area contributed by atoms with E-state index in [1.54, 1.807) is 0 Å². The van der Waals surface area contributed by atoms with Gasteiger partial charge < -0.3 is 4.98 Å². The lowest BCUT2D eigenvalue weighted by molar-refractivity contribution is 0.576. The zero-order valence-electron chi connectivity index (χ0n) is 9.71. The SMILES string of the molecule is CS(=O)(=O)CCCNS(=O)(=O)c1c[nH]ccc1=O. The molecule has 0 atom stereocenters. The Hall–Kier alpha value is -1.19. The van der Waals surface area contributed by atoms with E-state index < -0.39 is 25.3 Å². The number of aromatic nitrogens is 1. The van der Waals surface area contributed by atoms with E-state index in [2.05, 4.69) is 9.71 Å². The quantitative estimate of drug-likeness (QED) is 0.659. The van der Waals surface area contributed by atoms with Crippen molar-refractivity contribution in [1.29, 1.82) is 0 Å². The van der Waals surface area contributed by atoms with Crippen LogP contribution in [0.15, 0.2) is 28.2 Å². The summed E-state index contributed by atoms with van der Waals surface area (Å²) in [5, 5.41) is 0. The lowest BCUT2D eigenvalue weighted by Crippen LogP contribution is -2.29. The molecule has 0 amide bonds. The van der Waals surface area contributed by atoms with Crippen LogP contribution < -0.4 is 10.2 Å². The van der Waals surface area contributed by atoms with Gasteiger partial charge in [-0.1, -0.05) is 0 Å². The van der Waals surface area contributed by atoms with Gasteiger partial charge in [-0.15, -0.1) is 0 Å². The Morgan fingerprint density at radius 3 is 2.50 bits per heavy atom. The Kier molecular flexibility index (Phi) is 4.65. The fraction of sp³-hybridized carbons (Fsp3) is 0.444. The van der Waals surface area contributed by atoms with Gasteiger partial charge in [0.1, 0.15) is 14.7 Å². The Bertz CT molecular complexity index is 660. The molecule has 9 heteroatoms. The van der Waals surface area contributed by atoms with E-state index in [0.717, 1.165) is 18.5 Å². The molecular weight excluding hydrogens is 280 g/mol. The highest BCUT2D eigenvalue weighted by Gasteiger charge is 2.16. The summed E-state index contributed by atoms with van der Waals surface area (Å²) in [7, 11) is -7.01. The molecule has 1 aromatic rings. The summed E-state index contributed by atoms with van der Waals surface area (Å²) < 4.78 is 47.3. The minimum Gasteiger partial charge on any atom is -0.366 e. The van der Waals surface area contributed by atoms with Crippen molar-refractivity contribution in [2.75, 3.05) is 18.6 Å². The maximum Gasteiger partial charge on any atom is 0.245 e. The fourth-order valence-corrected chi connectivity index (χ4v) is 3.02. The minimum atomic E-state index is -3.90. The fourth-order valence-electron chi connectivity index (χ4n) is 1.23. The van der Waals surface area contributed by atoms with E-state index in [-0.39, 0.29) is 23.6 Å². The van der Waals surface area contributed by atoms with Crippen LogP contribution >= 0.6 is 0 Å². The Labute approximate surface area is 105 Å². The number of hydrogen-bond donors (Lipinski definition) is 2. The second-order valence-electron chi connectivity index (χ2n) is 3.75. The molecule has 0 saturated carbocycles. The standard InChI is InChI=1S/C9H14N2O5S2/c1-17(13,14)6-2-4-11-18(15,16)9-7-10-5-3-8(9)12/h3,5,7,11H,2,4,6H2,1H3,(H,10,12). The molecule has 18 heavy (non-hydrogen) atoms. The van der Waals surface area contributed by atoms with Crippen molar-refractivity contribution < 1.29 is 16.8 Å². The summed E-state index contributed by atoms with van der Waals surface area (Å²) in [6.45, 7) is -0.0380. The average molecular weight is 294 g/mol. The topological polar surface area (TPSA) is 113 Å². The highest BCUT2D eigenvalue weighted by atomic mass is 32.2. The number of sulfonamides is 1. The third-order valence-corrected chi connectivity index (χ3v) is 4.57. The van der Waals surface area contributed by atoms with Gasteiger partial charge in [0.25, 0.3) is 0 Å². The molecule has 0 saturated heterocycles. The Morgan fingerprint density at radius 2 is 1.94 bits per heavy atom. The van der Waals surface area contributed by atoms with E-state index in [0.29, 0.717) is 0 Å². The molecule has 0 aliphatic rings. The molecule has 102 valence electrons. The summed E-state index contributed by atoms with van der Waals surface area (Å²) in [5.41, 5.74) is -0.621. The van der Waals surface area contributed by atoms with Gasteiger partial charge in [-0.05, 0) is 6.42 Å². The van der Waals surface area contributed by atoms with Crippen LogP contribution in [0.4, 0.5) is 0 Å². The van der Waals surface area contributed by atoms with Crippen molar-refractivity contribution in [1.82, 2.24) is 9.71 Å². The molecule has 0 aromatic carbocycles. The van der Waals surface area contributed by atoms with Crippen LogP contribution in [0.25, 0.3) is 0 Å². The van der Waals surface area contributed by atoms with Crippen molar-refractivity contribution in [2.24, 2.45) is 0 Å². The van der Waals surface area contributed by atoms with Crippen LogP contribution in [0.2, 0.25) is 0 Å². The first-order valence-corrected chi connectivity index (χ1v) is 8.61. The molecule has 0 spiro atoms. The van der Waals surface area contributed by atoms with Gasteiger partial charge in [0.05, 0.1) is 5.75 Å². The lowest BCUT2D eigenvalue weighted by Gasteiger charge is -2.05. The van der Waals surface area contributed by atoms with Gasteiger partial charge in [0.15, 0.2) is 0 Å². The predicted octanol–water partition coefficient (Wildman–Crippen LogP) is -0.912. The van der Waals surface area contributed by atoms with Crippen LogP contribution in [0.5, 0.6) is 0 Å². The highest BCUT2D eigenvalue weighted by molar-refractivity contribution is 7.90. The summed E-state index contributed by atoms with van der Waals surface area (Å²) >= 11 is 0. The maximum atomic E-state index is 11.7. The predicted molar refractivity (Wildman–Crippen MR) is 66.6 cm³/mol. The summed E-state index contributed by atoms with van der Waals surface area (Å²) in [5.74, 6) is -0.110. The number of nitrogens with one attached hydrogen (secondary N) is 2. The molecule has 0 aliphatic carbocycles. The number of H-pyrrole nitrogens is 1. The van der Waals surface area contributed by atoms with E-state index in [1.165, 1.54) is 6.20 Å². The molecule has 2 N–H and O–H groups in total. The first-order chi connectivity index (χ1) is 8.22. The Morgan fingerprint density at radius 1 is 1.28 bits per heavy atom. The van der Waals surface area contributed by atoms with E-state index >= 15 is 0 Å². The molecule has 1 rings (SSSR count). The number of rotatable bonds is 6. The van der Waals surface area contributed by atoms with Crippen molar-refractivity contribution in [3.05, 3.63) is 28.7 Å². The molecule has 0 fully saturated rings. The molecule has 7 nitrogen and oxygen atoms in total. The van der Waals surface area contributed by atoms with Gasteiger partial charge in [-0.3, -0.25) is 4.79 Å². The molecular formula is C9H14N2O5S2. The van der Waals surface area contributed by atoms with E-state index in [4.69, 9.17) is 0 Å². The third-order valence-electron chi connectivity index (χ3n) is 2.06. The molecule has 0 radical (unpaired) electrons. The smallest absolute Gasteiger partial charge is 0.245 e. The molecule has 1 aromatic heterocycles. The van der Waals surface area contributed by atoms with Gasteiger partial charge in [-0.2, -0.15) is 0 Å². The summed E-state index contributed by atoms with van der Waals surface area (Å²) in [6.07, 6.45) is 3.64. The first kappa shape index (κ1) is 14.9. The van der Waals surface area contributed by atoms with Crippen molar-refractivity contribution in [3.63, 3.8) is 0 Å². The monoisotopic (exact) mass is 294 g/mol. The van der Waals surface area contributed by atoms with Crippen molar-refractivity contribution >= 4 is 19.9 Å². The first-order valence-electron chi connectivity index (χ1n) is 5.07. The van der Waals surface area contributed by atoms with Gasteiger partial charge in [-0.25, -0.2) is 21.6 Å². The largest absolute Gasteiger partial charge is 0.366 e. The summed E-state index contributed by atoms with van der Waals surface area (Å²) in [6, 6.07) is 1.10. The van der Waals surface area contributed by atoms with E-state index in [1.807, 2.05) is 0 Å². The molecule has 1 heterocycles. The van der Waals surface area contributed by atoms with Crippen LogP contribution in [0, 0.1) is 0 Å². The normalized spacial score (nSPS) is 12.5. The zero-order valence-corrected chi connectivity index (χ0v) is 11.3. The van der Waals surface area contributed by atoms with Crippen LogP contribution in [0.1, 0.15) is 6.42 Å². The van der Waals surface area contributed by atoms with Gasteiger partial charge in [0.2, 0.25) is 15.5 Å². The number of sulfone groups is 1. The second-order valence-corrected chi connectivity index (χ2v) is 7.75. The molecule has 0 bridgehead atoms. The number of hydrogen-bond acceptors (Lipinski definition) is 5. The van der Waals surface area contributed by atoms with Gasteiger partial charge in [0, 0.05) is 31.3 Å². The highest BCUT2D eigenvalue weighted by Crippen LogP contribution is 1.99. The summed E-state index contributed by atoms with van der Waals surface area (Å²) in [4.78, 5) is 13.4. The minimum absolute atomic E-state index is 0.0380. The van der Waals surface area contributed by atoms with Crippen LogP contribution in [-0.4, -0.2) is 40.4 Å². The molecule has 0 aliphatic heterocycles. The molecule has 0 unspecified atom stereocenters. The average Bonchev–Trinajstić information content (AvgIpc) is 2.24. The lowest BCUT2D eigenvalue weighted by atomic mass is 10.5. The van der Waals surface area contributed by atoms with E-state index in [9.17, 15) is 21.6 Å². The third kappa shape index (κ3) is 4.59. The Balaban J connectivity index is 2.68. The van der Waals surface area contributed by atoms with Gasteiger partial charge >= 0.3 is 0 Å². The zero-order chi connectivity index (χ0) is 13.8. The maximum absolute atomic E-state index is 11.7. The number of pyridine rings is 1. The van der Waals surface area contributed by atoms with Crippen LogP contribution in [0.3, 0.4) is 0 Å². The second kappa shape index (κ2) is 5.63. The van der Waals surface area contributed by atoms with Crippen molar-refractivity contribution in [2.45, 2.75) is 11.3 Å². The van der Waals surface area contributed by atoms with Crippen LogP contribution in [-0.2, 0) is 19.9 Å². The van der Waals surface area contributed by atoms with Crippen molar-refractivity contribution in [3.8, 4) is 0 Å².